The zero-order valence-electron chi connectivity index (χ0n) is 13.7. The minimum Gasteiger partial charge on any atom is -0.463 e. The van der Waals surface area contributed by atoms with Gasteiger partial charge in [-0.05, 0) is 27.2 Å². The Morgan fingerprint density at radius 2 is 1.90 bits per heavy atom. The lowest BCUT2D eigenvalue weighted by atomic mass is 10.3. The van der Waals surface area contributed by atoms with Gasteiger partial charge in [-0.2, -0.15) is 15.0 Å². The van der Waals surface area contributed by atoms with Crippen LogP contribution in [0.25, 0.3) is 0 Å². The van der Waals surface area contributed by atoms with E-state index in [0.717, 1.165) is 19.5 Å². The highest BCUT2D eigenvalue weighted by Gasteiger charge is 2.16. The fourth-order valence-corrected chi connectivity index (χ4v) is 1.75. The molecule has 1 rings (SSSR count). The van der Waals surface area contributed by atoms with Crippen molar-refractivity contribution in [1.29, 1.82) is 0 Å². The Labute approximate surface area is 127 Å². The number of nitrogens with one attached hydrogen (secondary N) is 1. The van der Waals surface area contributed by atoms with E-state index in [0.29, 0.717) is 31.1 Å². The lowest BCUT2D eigenvalue weighted by molar-refractivity contribution is 0.203. The molecule has 0 atom stereocenters. The van der Waals surface area contributed by atoms with Crippen LogP contribution < -0.4 is 15.0 Å². The van der Waals surface area contributed by atoms with Crippen molar-refractivity contribution in [1.82, 2.24) is 15.0 Å². The van der Waals surface area contributed by atoms with E-state index in [9.17, 15) is 0 Å². The summed E-state index contributed by atoms with van der Waals surface area (Å²) in [6.07, 6.45) is 0.912. The maximum Gasteiger partial charge on any atom is 0.323 e. The maximum atomic E-state index is 5.56. The highest BCUT2D eigenvalue weighted by atomic mass is 16.5. The van der Waals surface area contributed by atoms with Gasteiger partial charge in [0.2, 0.25) is 11.9 Å². The van der Waals surface area contributed by atoms with Crippen LogP contribution in [0.15, 0.2) is 0 Å². The van der Waals surface area contributed by atoms with Gasteiger partial charge in [0.15, 0.2) is 0 Å². The fourth-order valence-electron chi connectivity index (χ4n) is 1.75. The van der Waals surface area contributed by atoms with Gasteiger partial charge >= 0.3 is 6.01 Å². The van der Waals surface area contributed by atoms with Crippen molar-refractivity contribution < 1.29 is 9.47 Å². The minimum atomic E-state index is 0.260. The molecule has 0 aliphatic carbocycles. The molecule has 7 heteroatoms. The van der Waals surface area contributed by atoms with Crippen LogP contribution in [0, 0.1) is 0 Å². The standard InChI is InChI=1S/C14H27N5O2/c1-6-9-21-14-17-12(15-7-2)16-13(18-14)19(11(3)4)8-10-20-5/h11H,6-10H2,1-5H3,(H,15,16,17,18). The molecule has 0 aliphatic rings. The summed E-state index contributed by atoms with van der Waals surface area (Å²) in [5.74, 6) is 1.15. The van der Waals surface area contributed by atoms with E-state index >= 15 is 0 Å². The summed E-state index contributed by atoms with van der Waals surface area (Å²) in [6.45, 7) is 10.9. The Kier molecular flexibility index (Phi) is 7.74. The number of anilines is 2. The van der Waals surface area contributed by atoms with Crippen LogP contribution in [-0.4, -0.2) is 54.4 Å². The molecule has 1 aromatic heterocycles. The lowest BCUT2D eigenvalue weighted by Crippen LogP contribution is -2.35. The average Bonchev–Trinajstić information content (AvgIpc) is 2.45. The molecule has 0 unspecified atom stereocenters. The van der Waals surface area contributed by atoms with Gasteiger partial charge in [-0.15, -0.1) is 0 Å². The van der Waals surface area contributed by atoms with Crippen LogP contribution in [0.5, 0.6) is 6.01 Å². The molecule has 0 spiro atoms. The van der Waals surface area contributed by atoms with Crippen LogP contribution in [0.4, 0.5) is 11.9 Å². The number of rotatable bonds is 10. The molecule has 120 valence electrons. The molecular formula is C14H27N5O2. The van der Waals surface area contributed by atoms with E-state index in [1.54, 1.807) is 7.11 Å². The second-order valence-corrected chi connectivity index (χ2v) is 4.90. The first-order valence-electron chi connectivity index (χ1n) is 7.50. The van der Waals surface area contributed by atoms with E-state index in [2.05, 4.69) is 39.0 Å². The first kappa shape index (κ1) is 17.4. The SMILES string of the molecule is CCCOc1nc(NCC)nc(N(CCOC)C(C)C)n1. The summed E-state index contributed by atoms with van der Waals surface area (Å²) in [4.78, 5) is 15.2. The van der Waals surface area contributed by atoms with Crippen LogP contribution in [0.1, 0.15) is 34.1 Å². The van der Waals surface area contributed by atoms with Crippen LogP contribution in [0.2, 0.25) is 0 Å². The van der Waals surface area contributed by atoms with E-state index in [1.807, 2.05) is 13.8 Å². The summed E-state index contributed by atoms with van der Waals surface area (Å²) >= 11 is 0. The van der Waals surface area contributed by atoms with Gasteiger partial charge in [0, 0.05) is 26.2 Å². The van der Waals surface area contributed by atoms with Gasteiger partial charge in [0.25, 0.3) is 0 Å². The molecule has 0 saturated heterocycles. The van der Waals surface area contributed by atoms with Gasteiger partial charge in [-0.1, -0.05) is 6.92 Å². The summed E-state index contributed by atoms with van der Waals surface area (Å²) in [6, 6.07) is 0.622. The number of hydrogen-bond donors (Lipinski definition) is 1. The quantitative estimate of drug-likeness (QED) is 0.707. The molecule has 0 radical (unpaired) electrons. The third kappa shape index (κ3) is 5.71. The zero-order valence-corrected chi connectivity index (χ0v) is 13.7. The highest BCUT2D eigenvalue weighted by molar-refractivity contribution is 5.39. The molecule has 0 aromatic carbocycles. The first-order chi connectivity index (χ1) is 10.1. The van der Waals surface area contributed by atoms with E-state index in [-0.39, 0.29) is 6.04 Å². The second-order valence-electron chi connectivity index (χ2n) is 4.90. The van der Waals surface area contributed by atoms with Gasteiger partial charge in [-0.3, -0.25) is 0 Å². The van der Waals surface area contributed by atoms with Crippen LogP contribution >= 0.6 is 0 Å². The van der Waals surface area contributed by atoms with Gasteiger partial charge < -0.3 is 19.7 Å². The molecule has 0 fully saturated rings. The fraction of sp³-hybridized carbons (Fsp3) is 0.786. The Balaban J connectivity index is 3.02. The second kappa shape index (κ2) is 9.33. The summed E-state index contributed by atoms with van der Waals surface area (Å²) < 4.78 is 10.7. The van der Waals surface area contributed by atoms with Gasteiger partial charge in [0.1, 0.15) is 0 Å². The van der Waals surface area contributed by atoms with Crippen LogP contribution in [0.3, 0.4) is 0 Å². The molecule has 0 bridgehead atoms. The predicted molar refractivity (Wildman–Crippen MR) is 84.1 cm³/mol. The number of ether oxygens (including phenoxy) is 2. The minimum absolute atomic E-state index is 0.260. The summed E-state index contributed by atoms with van der Waals surface area (Å²) in [5, 5.41) is 3.11. The Bertz CT molecular complexity index is 414. The maximum absolute atomic E-state index is 5.56. The largest absolute Gasteiger partial charge is 0.463 e. The third-order valence-corrected chi connectivity index (χ3v) is 2.79. The molecule has 7 nitrogen and oxygen atoms in total. The molecule has 1 N–H and O–H groups in total. The van der Waals surface area contributed by atoms with Gasteiger partial charge in [-0.25, -0.2) is 0 Å². The van der Waals surface area contributed by atoms with Crippen molar-refractivity contribution >= 4 is 11.9 Å². The Morgan fingerprint density at radius 3 is 2.48 bits per heavy atom. The van der Waals surface area contributed by atoms with Crippen LogP contribution in [-0.2, 0) is 4.74 Å². The Hall–Kier alpha value is -1.63. The molecule has 0 saturated carbocycles. The van der Waals surface area contributed by atoms with Crippen molar-refractivity contribution in [2.24, 2.45) is 0 Å². The molecule has 21 heavy (non-hydrogen) atoms. The number of methoxy groups -OCH3 is 1. The predicted octanol–water partition coefficient (Wildman–Crippen LogP) is 1.95. The van der Waals surface area contributed by atoms with Crippen molar-refractivity contribution in [2.75, 3.05) is 43.6 Å². The summed E-state index contributed by atoms with van der Waals surface area (Å²) in [5.41, 5.74) is 0. The number of hydrogen-bond acceptors (Lipinski definition) is 7. The van der Waals surface area contributed by atoms with Gasteiger partial charge in [0.05, 0.1) is 13.2 Å². The zero-order chi connectivity index (χ0) is 15.7. The van der Waals surface area contributed by atoms with E-state index in [4.69, 9.17) is 9.47 Å². The number of aromatic nitrogens is 3. The van der Waals surface area contributed by atoms with Crippen molar-refractivity contribution in [3.63, 3.8) is 0 Å². The average molecular weight is 297 g/mol. The van der Waals surface area contributed by atoms with Crippen molar-refractivity contribution in [3.8, 4) is 6.01 Å². The Morgan fingerprint density at radius 1 is 1.14 bits per heavy atom. The molecular weight excluding hydrogens is 270 g/mol. The van der Waals surface area contributed by atoms with E-state index in [1.165, 1.54) is 0 Å². The molecule has 0 aliphatic heterocycles. The molecule has 1 aromatic rings. The monoisotopic (exact) mass is 297 g/mol. The smallest absolute Gasteiger partial charge is 0.323 e. The van der Waals surface area contributed by atoms with Crippen molar-refractivity contribution in [3.05, 3.63) is 0 Å². The molecule has 1 heterocycles. The first-order valence-corrected chi connectivity index (χ1v) is 7.50. The highest BCUT2D eigenvalue weighted by Crippen LogP contribution is 2.17. The number of nitrogens with zero attached hydrogens (tertiary/aromatic N) is 4. The van der Waals surface area contributed by atoms with E-state index < -0.39 is 0 Å². The summed E-state index contributed by atoms with van der Waals surface area (Å²) in [7, 11) is 1.69. The molecule has 0 amide bonds. The topological polar surface area (TPSA) is 72.4 Å². The van der Waals surface area contributed by atoms with Crippen molar-refractivity contribution in [2.45, 2.75) is 40.2 Å². The third-order valence-electron chi connectivity index (χ3n) is 2.79. The normalized spacial score (nSPS) is 10.8. The lowest BCUT2D eigenvalue weighted by Gasteiger charge is -2.26.